The summed E-state index contributed by atoms with van der Waals surface area (Å²) in [6, 6.07) is 0. The van der Waals surface area contributed by atoms with Crippen molar-refractivity contribution in [3.63, 3.8) is 0 Å². The molecule has 0 saturated carbocycles. The second-order valence-corrected chi connectivity index (χ2v) is 13.7. The molecule has 0 aliphatic carbocycles. The molecular formula is C32H70N3O3P. The van der Waals surface area contributed by atoms with Gasteiger partial charge in [0.25, 0.3) is 0 Å². The molecule has 0 spiro atoms. The molecule has 0 aliphatic heterocycles. The summed E-state index contributed by atoms with van der Waals surface area (Å²) < 4.78 is 25.7. The lowest BCUT2D eigenvalue weighted by molar-refractivity contribution is 0.191. The first-order chi connectivity index (χ1) is 19.1. The van der Waals surface area contributed by atoms with E-state index in [2.05, 4.69) is 18.7 Å². The van der Waals surface area contributed by atoms with Crippen LogP contribution in [0.1, 0.15) is 155 Å². The van der Waals surface area contributed by atoms with E-state index in [0.29, 0.717) is 39.0 Å². The number of hydrogen-bond acceptors (Lipinski definition) is 6. The molecule has 6 nitrogen and oxygen atoms in total. The largest absolute Gasteiger partial charge is 0.331 e. The maximum absolute atomic E-state index is 13.7. The summed E-state index contributed by atoms with van der Waals surface area (Å²) in [6.45, 7) is 9.49. The Hall–Kier alpha value is 0.0300. The molecule has 0 rings (SSSR count). The quantitative estimate of drug-likeness (QED) is 0.0599. The van der Waals surface area contributed by atoms with Crippen LogP contribution in [-0.4, -0.2) is 57.0 Å². The lowest BCUT2D eigenvalue weighted by atomic mass is 10.1. The Morgan fingerprint density at radius 1 is 0.487 bits per heavy atom. The van der Waals surface area contributed by atoms with E-state index in [9.17, 15) is 4.57 Å². The highest BCUT2D eigenvalue weighted by atomic mass is 31.2. The van der Waals surface area contributed by atoms with E-state index in [-0.39, 0.29) is 0 Å². The Bertz CT molecular complexity index is 487. The smallest absolute Gasteiger partial charge is 0.330 e. The van der Waals surface area contributed by atoms with Crippen molar-refractivity contribution in [1.29, 1.82) is 0 Å². The van der Waals surface area contributed by atoms with Crippen molar-refractivity contribution in [3.05, 3.63) is 0 Å². The molecule has 0 aliphatic rings. The number of hydrogen-bond donors (Lipinski definition) is 2. The van der Waals surface area contributed by atoms with Crippen molar-refractivity contribution in [2.45, 2.75) is 155 Å². The first kappa shape index (κ1) is 39.0. The van der Waals surface area contributed by atoms with Crippen molar-refractivity contribution in [1.82, 2.24) is 4.90 Å². The molecular weight excluding hydrogens is 505 g/mol. The zero-order valence-electron chi connectivity index (χ0n) is 26.5. The minimum atomic E-state index is -3.10. The number of unbranched alkanes of at least 4 members (excludes halogenated alkanes) is 18. The maximum Gasteiger partial charge on any atom is 0.331 e. The molecule has 0 unspecified atom stereocenters. The van der Waals surface area contributed by atoms with Gasteiger partial charge in [-0.2, -0.15) is 0 Å². The summed E-state index contributed by atoms with van der Waals surface area (Å²) >= 11 is 0. The molecule has 0 heterocycles. The predicted molar refractivity (Wildman–Crippen MR) is 172 cm³/mol. The molecule has 0 aromatic heterocycles. The van der Waals surface area contributed by atoms with Gasteiger partial charge in [0, 0.05) is 6.54 Å². The number of nitrogens with two attached hydrogens (primary N) is 2. The molecule has 236 valence electrons. The van der Waals surface area contributed by atoms with Gasteiger partial charge in [-0.1, -0.05) is 129 Å². The molecule has 39 heavy (non-hydrogen) atoms. The molecule has 0 amide bonds. The second-order valence-electron chi connectivity index (χ2n) is 11.5. The minimum absolute atomic E-state index is 0.456. The van der Waals surface area contributed by atoms with Crippen molar-refractivity contribution in [3.8, 4) is 0 Å². The average Bonchev–Trinajstić information content (AvgIpc) is 2.94. The van der Waals surface area contributed by atoms with E-state index in [1.807, 2.05) is 0 Å². The average molecular weight is 576 g/mol. The molecule has 7 heteroatoms. The Labute approximate surface area is 244 Å². The Kier molecular flexibility index (Phi) is 31.0. The van der Waals surface area contributed by atoms with Crippen molar-refractivity contribution < 1.29 is 13.6 Å². The predicted octanol–water partition coefficient (Wildman–Crippen LogP) is 9.05. The van der Waals surface area contributed by atoms with Crippen LogP contribution in [0.15, 0.2) is 0 Å². The van der Waals surface area contributed by atoms with E-state index in [1.165, 1.54) is 103 Å². The summed E-state index contributed by atoms with van der Waals surface area (Å²) in [5, 5.41) is 0. The maximum atomic E-state index is 13.7. The monoisotopic (exact) mass is 576 g/mol. The van der Waals surface area contributed by atoms with Crippen LogP contribution in [0.5, 0.6) is 0 Å². The standard InChI is InChI=1S/C32H70N3O3P/c1-3-5-7-9-11-13-15-17-19-21-30-37-39(36,32-29-35(27-23-25-33)28-24-26-34)38-31-22-20-18-16-14-12-10-8-6-4-2/h3-34H2,1-2H3. The lowest BCUT2D eigenvalue weighted by Crippen LogP contribution is -2.31. The zero-order valence-corrected chi connectivity index (χ0v) is 27.4. The molecule has 0 aromatic rings. The van der Waals surface area contributed by atoms with Gasteiger partial charge in [0.15, 0.2) is 0 Å². The Morgan fingerprint density at radius 2 is 0.821 bits per heavy atom. The molecule has 0 saturated heterocycles. The van der Waals surface area contributed by atoms with Gasteiger partial charge < -0.3 is 25.4 Å². The first-order valence-corrected chi connectivity index (χ1v) is 18.8. The van der Waals surface area contributed by atoms with Gasteiger partial charge in [-0.25, -0.2) is 0 Å². The van der Waals surface area contributed by atoms with Crippen LogP contribution in [0.3, 0.4) is 0 Å². The number of nitrogens with zero attached hydrogens (tertiary/aromatic N) is 1. The fraction of sp³-hybridized carbons (Fsp3) is 1.00. The van der Waals surface area contributed by atoms with Gasteiger partial charge in [-0.05, 0) is 51.9 Å². The summed E-state index contributed by atoms with van der Waals surface area (Å²) in [5.74, 6) is 0. The molecule has 0 fully saturated rings. The van der Waals surface area contributed by atoms with Gasteiger partial charge in [0.05, 0.1) is 19.4 Å². The van der Waals surface area contributed by atoms with Gasteiger partial charge in [-0.3, -0.25) is 4.57 Å². The topological polar surface area (TPSA) is 90.8 Å². The van der Waals surface area contributed by atoms with Gasteiger partial charge >= 0.3 is 7.60 Å². The third-order valence-electron chi connectivity index (χ3n) is 7.62. The molecule has 4 N–H and O–H groups in total. The third kappa shape index (κ3) is 27.9. The molecule has 0 radical (unpaired) electrons. The van der Waals surface area contributed by atoms with Crippen LogP contribution in [0, 0.1) is 0 Å². The highest BCUT2D eigenvalue weighted by molar-refractivity contribution is 7.53. The highest BCUT2D eigenvalue weighted by Crippen LogP contribution is 2.48. The lowest BCUT2D eigenvalue weighted by Gasteiger charge is -2.25. The van der Waals surface area contributed by atoms with E-state index in [0.717, 1.165) is 51.6 Å². The molecule has 0 bridgehead atoms. The summed E-state index contributed by atoms with van der Waals surface area (Å²) in [6.07, 6.45) is 27.9. The summed E-state index contributed by atoms with van der Waals surface area (Å²) in [4.78, 5) is 2.32. The van der Waals surface area contributed by atoms with Crippen molar-refractivity contribution >= 4 is 7.60 Å². The molecule has 0 atom stereocenters. The van der Waals surface area contributed by atoms with Crippen LogP contribution < -0.4 is 11.5 Å². The van der Waals surface area contributed by atoms with Gasteiger partial charge in [-0.15, -0.1) is 0 Å². The number of rotatable bonds is 33. The fourth-order valence-electron chi connectivity index (χ4n) is 4.98. The SMILES string of the molecule is CCCCCCCCCCCCOP(=O)(CCN(CCCN)CCCN)OCCCCCCCCCCCC. The Balaban J connectivity index is 4.34. The van der Waals surface area contributed by atoms with Crippen LogP contribution in [0.2, 0.25) is 0 Å². The molecule has 0 aromatic carbocycles. The van der Waals surface area contributed by atoms with Crippen LogP contribution in [-0.2, 0) is 13.6 Å². The van der Waals surface area contributed by atoms with E-state index >= 15 is 0 Å². The zero-order chi connectivity index (χ0) is 28.7. The normalized spacial score (nSPS) is 12.1. The minimum Gasteiger partial charge on any atom is -0.330 e. The van der Waals surface area contributed by atoms with E-state index < -0.39 is 7.60 Å². The first-order valence-electron chi connectivity index (χ1n) is 17.1. The van der Waals surface area contributed by atoms with E-state index in [1.54, 1.807) is 0 Å². The van der Waals surface area contributed by atoms with Crippen molar-refractivity contribution in [2.75, 3.05) is 52.1 Å². The second kappa shape index (κ2) is 31.0. The fourth-order valence-corrected chi connectivity index (χ4v) is 6.66. The van der Waals surface area contributed by atoms with Crippen molar-refractivity contribution in [2.24, 2.45) is 11.5 Å². The Morgan fingerprint density at radius 3 is 1.15 bits per heavy atom. The van der Waals surface area contributed by atoms with Crippen LogP contribution >= 0.6 is 7.60 Å². The van der Waals surface area contributed by atoms with Crippen LogP contribution in [0.4, 0.5) is 0 Å². The summed E-state index contributed by atoms with van der Waals surface area (Å²) in [7, 11) is -3.10. The van der Waals surface area contributed by atoms with E-state index in [4.69, 9.17) is 20.5 Å². The van der Waals surface area contributed by atoms with Gasteiger partial charge in [0.2, 0.25) is 0 Å². The van der Waals surface area contributed by atoms with Gasteiger partial charge in [0.1, 0.15) is 0 Å². The van der Waals surface area contributed by atoms with Crippen LogP contribution in [0.25, 0.3) is 0 Å². The highest BCUT2D eigenvalue weighted by Gasteiger charge is 2.25. The summed E-state index contributed by atoms with van der Waals surface area (Å²) in [5.41, 5.74) is 11.5. The third-order valence-corrected chi connectivity index (χ3v) is 9.52.